The third-order valence-electron chi connectivity index (χ3n) is 3.15. The Morgan fingerprint density at radius 2 is 2.33 bits per heavy atom. The fourth-order valence-corrected chi connectivity index (χ4v) is 2.75. The molecule has 1 heterocycles. The largest absolute Gasteiger partial charge is 0.467 e. The number of carbonyl (C=O) groups is 1. The zero-order chi connectivity index (χ0) is 13.2. The second-order valence-electron chi connectivity index (χ2n) is 4.93. The van der Waals surface area contributed by atoms with Crippen LogP contribution in [0.5, 0.6) is 0 Å². The maximum Gasteiger partial charge on any atom is 0.331 e. The predicted molar refractivity (Wildman–Crippen MR) is 70.8 cm³/mol. The highest BCUT2D eigenvalue weighted by molar-refractivity contribution is 7.09. The van der Waals surface area contributed by atoms with Gasteiger partial charge in [0.15, 0.2) is 0 Å². The highest BCUT2D eigenvalue weighted by Gasteiger charge is 2.35. The Hall–Kier alpha value is -1.17. The maximum atomic E-state index is 11.9. The first kappa shape index (κ1) is 13.3. The molecule has 18 heavy (non-hydrogen) atoms. The van der Waals surface area contributed by atoms with E-state index in [-0.39, 0.29) is 5.97 Å². The molecule has 100 valence electrons. The molecule has 1 unspecified atom stereocenters. The Morgan fingerprint density at radius 1 is 1.61 bits per heavy atom. The lowest BCUT2D eigenvalue weighted by atomic mass is 9.97. The molecular formula is C12H19N3O2S. The van der Waals surface area contributed by atoms with Crippen molar-refractivity contribution in [2.75, 3.05) is 12.4 Å². The van der Waals surface area contributed by atoms with Gasteiger partial charge in [-0.3, -0.25) is 0 Å². The van der Waals surface area contributed by atoms with Crippen molar-refractivity contribution >= 4 is 22.6 Å². The summed E-state index contributed by atoms with van der Waals surface area (Å²) in [5.74, 6) is 1.19. The number of nitrogens with one attached hydrogen (secondary N) is 1. The lowest BCUT2D eigenvalue weighted by Gasteiger charge is -2.26. The molecule has 2 rings (SSSR count). The number of nitrogens with zero attached hydrogens (tertiary/aromatic N) is 2. The fourth-order valence-electron chi connectivity index (χ4n) is 1.97. The summed E-state index contributed by atoms with van der Waals surface area (Å²) < 4.78 is 9.19. The van der Waals surface area contributed by atoms with Gasteiger partial charge in [-0.1, -0.05) is 13.3 Å². The summed E-state index contributed by atoms with van der Waals surface area (Å²) in [7, 11) is 1.41. The van der Waals surface area contributed by atoms with Gasteiger partial charge in [-0.25, -0.2) is 9.78 Å². The number of carbonyl (C=O) groups excluding carboxylic acids is 1. The Labute approximate surface area is 111 Å². The summed E-state index contributed by atoms with van der Waals surface area (Å²) in [6.45, 7) is 3.89. The van der Waals surface area contributed by atoms with Crippen molar-refractivity contribution in [2.24, 2.45) is 0 Å². The van der Waals surface area contributed by atoms with E-state index in [0.717, 1.165) is 12.2 Å². The summed E-state index contributed by atoms with van der Waals surface area (Å²) >= 11 is 1.32. The third kappa shape index (κ3) is 2.80. The van der Waals surface area contributed by atoms with Gasteiger partial charge >= 0.3 is 5.97 Å². The molecule has 0 radical (unpaired) electrons. The van der Waals surface area contributed by atoms with Gasteiger partial charge in [-0.15, -0.1) is 0 Å². The lowest BCUT2D eigenvalue weighted by molar-refractivity contribution is -0.145. The lowest BCUT2D eigenvalue weighted by Crippen LogP contribution is -2.44. The molecule has 0 aromatic carbocycles. The van der Waals surface area contributed by atoms with Crippen molar-refractivity contribution in [3.8, 4) is 0 Å². The molecule has 1 aliphatic carbocycles. The minimum atomic E-state index is -0.718. The highest BCUT2D eigenvalue weighted by Crippen LogP contribution is 2.39. The predicted octanol–water partition coefficient (Wildman–Crippen LogP) is 2.56. The van der Waals surface area contributed by atoms with E-state index in [9.17, 15) is 4.79 Å². The topological polar surface area (TPSA) is 64.1 Å². The molecule has 0 spiro atoms. The van der Waals surface area contributed by atoms with Crippen LogP contribution in [0.1, 0.15) is 51.3 Å². The van der Waals surface area contributed by atoms with E-state index in [4.69, 9.17) is 4.74 Å². The van der Waals surface area contributed by atoms with E-state index < -0.39 is 5.54 Å². The molecule has 1 fully saturated rings. The zero-order valence-electron chi connectivity index (χ0n) is 11.0. The highest BCUT2D eigenvalue weighted by atomic mass is 32.1. The first-order valence-corrected chi connectivity index (χ1v) is 7.06. The molecule has 1 saturated carbocycles. The van der Waals surface area contributed by atoms with Crippen molar-refractivity contribution in [3.05, 3.63) is 5.82 Å². The number of rotatable bonds is 6. The minimum absolute atomic E-state index is 0.257. The molecule has 5 nitrogen and oxygen atoms in total. The van der Waals surface area contributed by atoms with E-state index in [0.29, 0.717) is 17.5 Å². The monoisotopic (exact) mass is 269 g/mol. The Kier molecular flexibility index (Phi) is 3.85. The summed E-state index contributed by atoms with van der Waals surface area (Å²) in [5, 5.41) is 3.89. The molecule has 0 amide bonds. The van der Waals surface area contributed by atoms with Crippen molar-refractivity contribution in [1.29, 1.82) is 0 Å². The third-order valence-corrected chi connectivity index (χ3v) is 3.80. The molecule has 1 N–H and O–H groups in total. The van der Waals surface area contributed by atoms with Gasteiger partial charge in [-0.05, 0) is 26.2 Å². The first-order valence-electron chi connectivity index (χ1n) is 6.29. The van der Waals surface area contributed by atoms with Crippen LogP contribution >= 0.6 is 11.5 Å². The van der Waals surface area contributed by atoms with Gasteiger partial charge < -0.3 is 10.1 Å². The van der Waals surface area contributed by atoms with E-state index in [1.165, 1.54) is 31.5 Å². The van der Waals surface area contributed by atoms with Crippen LogP contribution in [0.25, 0.3) is 0 Å². The number of anilines is 1. The maximum absolute atomic E-state index is 11.9. The van der Waals surface area contributed by atoms with Gasteiger partial charge in [0.25, 0.3) is 0 Å². The molecule has 6 heteroatoms. The molecular weight excluding hydrogens is 250 g/mol. The molecule has 0 saturated heterocycles. The Morgan fingerprint density at radius 3 is 2.89 bits per heavy atom. The standard InChI is InChI=1S/C12H19N3O2S/c1-4-7-12(2,10(16)17-3)14-11-13-9(15-18-11)8-5-6-8/h8H,4-7H2,1-3H3,(H,13,14,15). The van der Waals surface area contributed by atoms with Crippen LogP contribution in [0.3, 0.4) is 0 Å². The molecule has 1 aromatic rings. The van der Waals surface area contributed by atoms with Crippen LogP contribution in [0.4, 0.5) is 5.13 Å². The van der Waals surface area contributed by atoms with E-state index in [1.54, 1.807) is 0 Å². The van der Waals surface area contributed by atoms with E-state index >= 15 is 0 Å². The summed E-state index contributed by atoms with van der Waals surface area (Å²) in [6.07, 6.45) is 3.96. The van der Waals surface area contributed by atoms with Crippen LogP contribution in [-0.2, 0) is 9.53 Å². The van der Waals surface area contributed by atoms with Crippen molar-refractivity contribution in [2.45, 2.75) is 51.0 Å². The van der Waals surface area contributed by atoms with Gasteiger partial charge in [0.1, 0.15) is 11.4 Å². The summed E-state index contributed by atoms with van der Waals surface area (Å²) in [4.78, 5) is 16.3. The van der Waals surface area contributed by atoms with Crippen molar-refractivity contribution < 1.29 is 9.53 Å². The normalized spacial score (nSPS) is 18.2. The second-order valence-corrected chi connectivity index (χ2v) is 5.68. The number of ether oxygens (including phenoxy) is 1. The SMILES string of the molecule is CCCC(C)(Nc1nc(C2CC2)ns1)C(=O)OC. The van der Waals surface area contributed by atoms with Crippen molar-refractivity contribution in [3.63, 3.8) is 0 Å². The van der Waals surface area contributed by atoms with E-state index in [1.807, 2.05) is 13.8 Å². The average molecular weight is 269 g/mol. The van der Waals surface area contributed by atoms with Gasteiger partial charge in [0.2, 0.25) is 5.13 Å². The molecule has 1 aromatic heterocycles. The molecule has 0 bridgehead atoms. The molecule has 0 aliphatic heterocycles. The minimum Gasteiger partial charge on any atom is -0.467 e. The summed E-state index contributed by atoms with van der Waals surface area (Å²) in [6, 6.07) is 0. The first-order chi connectivity index (χ1) is 8.59. The smallest absolute Gasteiger partial charge is 0.331 e. The Balaban J connectivity index is 2.09. The second kappa shape index (κ2) is 5.22. The zero-order valence-corrected chi connectivity index (χ0v) is 11.8. The fraction of sp³-hybridized carbons (Fsp3) is 0.750. The van der Waals surface area contributed by atoms with E-state index in [2.05, 4.69) is 14.7 Å². The molecule has 1 atom stereocenters. The van der Waals surface area contributed by atoms with Crippen LogP contribution in [-0.4, -0.2) is 28.0 Å². The van der Waals surface area contributed by atoms with Crippen molar-refractivity contribution in [1.82, 2.24) is 9.36 Å². The number of esters is 1. The quantitative estimate of drug-likeness (QED) is 0.804. The van der Waals surface area contributed by atoms with Crippen LogP contribution in [0, 0.1) is 0 Å². The number of aromatic nitrogens is 2. The number of hydrogen-bond acceptors (Lipinski definition) is 6. The van der Waals surface area contributed by atoms with Crippen LogP contribution < -0.4 is 5.32 Å². The average Bonchev–Trinajstić information content (AvgIpc) is 3.10. The van der Waals surface area contributed by atoms with Gasteiger partial charge in [-0.2, -0.15) is 4.37 Å². The van der Waals surface area contributed by atoms with Crippen LogP contribution in [0.2, 0.25) is 0 Å². The van der Waals surface area contributed by atoms with Gasteiger partial charge in [0, 0.05) is 17.5 Å². The summed E-state index contributed by atoms with van der Waals surface area (Å²) in [5.41, 5.74) is -0.718. The van der Waals surface area contributed by atoms with Crippen LogP contribution in [0.15, 0.2) is 0 Å². The van der Waals surface area contributed by atoms with Gasteiger partial charge in [0.05, 0.1) is 7.11 Å². The Bertz CT molecular complexity index is 431. The molecule has 1 aliphatic rings. The number of hydrogen-bond donors (Lipinski definition) is 1. The number of methoxy groups -OCH3 is 1.